The second-order valence-corrected chi connectivity index (χ2v) is 8.47. The van der Waals surface area contributed by atoms with E-state index >= 15 is 4.39 Å². The molecule has 2 aromatic heterocycles. The number of halogens is 1. The average molecular weight is 410 g/mol. The van der Waals surface area contributed by atoms with Gasteiger partial charge in [0.2, 0.25) is 5.43 Å². The van der Waals surface area contributed by atoms with E-state index in [1.165, 1.54) is 0 Å². The first-order valence-electron chi connectivity index (χ1n) is 10.1. The minimum absolute atomic E-state index is 0.0225. The van der Waals surface area contributed by atoms with Crippen molar-refractivity contribution in [2.75, 3.05) is 13.2 Å². The predicted octanol–water partition coefficient (Wildman–Crippen LogP) is 1.31. The van der Waals surface area contributed by atoms with Gasteiger partial charge in [0.1, 0.15) is 23.1 Å². The third-order valence-electron chi connectivity index (χ3n) is 6.58. The number of hydrogen-bond acceptors (Lipinski definition) is 6. The van der Waals surface area contributed by atoms with Gasteiger partial charge in [0.25, 0.3) is 0 Å². The molecule has 2 aromatic rings. The van der Waals surface area contributed by atoms with Gasteiger partial charge in [0.05, 0.1) is 35.1 Å². The van der Waals surface area contributed by atoms with Crippen molar-refractivity contribution in [3.63, 3.8) is 0 Å². The van der Waals surface area contributed by atoms with Gasteiger partial charge in [-0.15, -0.1) is 0 Å². The molecule has 0 radical (unpaired) electrons. The van der Waals surface area contributed by atoms with Crippen molar-refractivity contribution in [3.8, 4) is 6.07 Å². The van der Waals surface area contributed by atoms with Gasteiger partial charge in [-0.2, -0.15) is 10.4 Å². The van der Waals surface area contributed by atoms with Gasteiger partial charge >= 0.3 is 0 Å². The van der Waals surface area contributed by atoms with Crippen LogP contribution in [0.15, 0.2) is 35.3 Å². The van der Waals surface area contributed by atoms with E-state index in [0.717, 1.165) is 19.3 Å². The molecule has 3 aliphatic rings. The summed E-state index contributed by atoms with van der Waals surface area (Å²) in [6, 6.07) is 2.97. The van der Waals surface area contributed by atoms with Crippen LogP contribution in [0.1, 0.15) is 43.0 Å². The first-order valence-corrected chi connectivity index (χ1v) is 10.1. The summed E-state index contributed by atoms with van der Waals surface area (Å²) in [6.07, 6.45) is 7.70. The molecule has 2 unspecified atom stereocenters. The predicted molar refractivity (Wildman–Crippen MR) is 107 cm³/mol. The minimum Gasteiger partial charge on any atom is -0.396 e. The van der Waals surface area contributed by atoms with Crippen molar-refractivity contribution in [1.29, 1.82) is 5.26 Å². The molecule has 0 bridgehead atoms. The van der Waals surface area contributed by atoms with E-state index < -0.39 is 22.9 Å². The van der Waals surface area contributed by atoms with Gasteiger partial charge in [-0.05, 0) is 38.8 Å². The smallest absolute Gasteiger partial charge is 0.209 e. The molecule has 1 spiro atoms. The summed E-state index contributed by atoms with van der Waals surface area (Å²) in [7, 11) is 0. The van der Waals surface area contributed by atoms with Crippen LogP contribution in [0, 0.1) is 11.3 Å². The van der Waals surface area contributed by atoms with Crippen LogP contribution in [-0.4, -0.2) is 33.5 Å². The molecule has 1 aliphatic heterocycles. The molecular formula is C21H23FN6O2. The van der Waals surface area contributed by atoms with Crippen LogP contribution in [0.2, 0.25) is 0 Å². The standard InChI is InChI=1S/C21H23FN6O2/c1-20-18(25-6-2-8-27-9-3-7-26-27)15(22)16(24)14-17(29)13(10-23)11-28(19(14)20)21(4-5-21)12-30-20/h3,7,9,11,18,25H,2,4-6,8,12,24H2,1H3. The topological polar surface area (TPSA) is 111 Å². The number of aryl methyl sites for hydroxylation is 1. The van der Waals surface area contributed by atoms with Crippen LogP contribution in [0.25, 0.3) is 5.70 Å². The second-order valence-electron chi connectivity index (χ2n) is 8.47. The fourth-order valence-corrected chi connectivity index (χ4v) is 4.70. The molecule has 8 nitrogen and oxygen atoms in total. The molecule has 2 aliphatic carbocycles. The van der Waals surface area contributed by atoms with Gasteiger partial charge in [-0.1, -0.05) is 0 Å². The lowest BCUT2D eigenvalue weighted by Crippen LogP contribution is -2.58. The van der Waals surface area contributed by atoms with E-state index in [4.69, 9.17) is 10.5 Å². The normalized spacial score (nSPS) is 25.8. The quantitative estimate of drug-likeness (QED) is 0.719. The number of nitrogens with two attached hydrogens (primary N) is 1. The molecule has 2 atom stereocenters. The zero-order chi connectivity index (χ0) is 21.1. The molecule has 30 heavy (non-hydrogen) atoms. The lowest BCUT2D eigenvalue weighted by atomic mass is 9.79. The molecule has 0 saturated heterocycles. The molecule has 156 valence electrons. The van der Waals surface area contributed by atoms with E-state index in [0.29, 0.717) is 25.4 Å². The highest BCUT2D eigenvalue weighted by atomic mass is 19.1. The van der Waals surface area contributed by atoms with Crippen molar-refractivity contribution < 1.29 is 9.13 Å². The first-order chi connectivity index (χ1) is 14.4. The Kier molecular flexibility index (Phi) is 4.14. The number of fused-ring (bicyclic) bond motifs is 1. The molecule has 1 fully saturated rings. The summed E-state index contributed by atoms with van der Waals surface area (Å²) in [5.41, 5.74) is 4.62. The Morgan fingerprint density at radius 1 is 1.50 bits per heavy atom. The molecule has 9 heteroatoms. The molecule has 5 rings (SSSR count). The van der Waals surface area contributed by atoms with Crippen LogP contribution in [-0.2, 0) is 22.4 Å². The molecule has 3 N–H and O–H groups in total. The molecule has 0 aromatic carbocycles. The van der Waals surface area contributed by atoms with Crippen molar-refractivity contribution in [2.24, 2.45) is 5.73 Å². The van der Waals surface area contributed by atoms with Gasteiger partial charge in [-0.3, -0.25) is 9.48 Å². The third-order valence-corrected chi connectivity index (χ3v) is 6.58. The zero-order valence-electron chi connectivity index (χ0n) is 16.7. The summed E-state index contributed by atoms with van der Waals surface area (Å²) in [5.74, 6) is -0.616. The Morgan fingerprint density at radius 2 is 2.30 bits per heavy atom. The maximum Gasteiger partial charge on any atom is 0.209 e. The molecule has 3 heterocycles. The highest BCUT2D eigenvalue weighted by Gasteiger charge is 2.58. The molecular weight excluding hydrogens is 387 g/mol. The fourth-order valence-electron chi connectivity index (χ4n) is 4.70. The number of nitrogens with one attached hydrogen (secondary N) is 1. The number of ether oxygens (including phenoxy) is 1. The van der Waals surface area contributed by atoms with Crippen molar-refractivity contribution in [1.82, 2.24) is 19.7 Å². The highest BCUT2D eigenvalue weighted by molar-refractivity contribution is 5.72. The summed E-state index contributed by atoms with van der Waals surface area (Å²) >= 11 is 0. The van der Waals surface area contributed by atoms with Crippen molar-refractivity contribution in [2.45, 2.75) is 49.9 Å². The van der Waals surface area contributed by atoms with Crippen LogP contribution in [0.3, 0.4) is 0 Å². The number of nitrogens with zero attached hydrogens (tertiary/aromatic N) is 4. The first kappa shape index (κ1) is 19.0. The number of hydrogen-bond donors (Lipinski definition) is 2. The van der Waals surface area contributed by atoms with Gasteiger partial charge in [-0.25, -0.2) is 4.39 Å². The van der Waals surface area contributed by atoms with Gasteiger partial charge in [0.15, 0.2) is 0 Å². The Bertz CT molecular complexity index is 1140. The van der Waals surface area contributed by atoms with Crippen LogP contribution in [0.5, 0.6) is 0 Å². The van der Waals surface area contributed by atoms with Gasteiger partial charge in [0, 0.05) is 25.1 Å². The Balaban J connectivity index is 1.54. The van der Waals surface area contributed by atoms with Crippen molar-refractivity contribution in [3.05, 3.63) is 57.5 Å². The minimum atomic E-state index is -1.10. The number of rotatable bonds is 5. The van der Waals surface area contributed by atoms with E-state index in [-0.39, 0.29) is 22.4 Å². The number of pyridine rings is 1. The van der Waals surface area contributed by atoms with Crippen molar-refractivity contribution >= 4 is 5.70 Å². The van der Waals surface area contributed by atoms with Crippen LogP contribution in [0.4, 0.5) is 4.39 Å². The van der Waals surface area contributed by atoms with E-state index in [1.54, 1.807) is 19.3 Å². The van der Waals surface area contributed by atoms with E-state index in [1.807, 2.05) is 27.6 Å². The Morgan fingerprint density at radius 3 is 2.97 bits per heavy atom. The Labute approximate surface area is 172 Å². The SMILES string of the molecule is CC12OCC3(CC3)n3cc(C#N)c(=O)c(c31)C(N)=C(F)C2NCCCn1cccn1. The lowest BCUT2D eigenvalue weighted by Gasteiger charge is -2.48. The van der Waals surface area contributed by atoms with Crippen LogP contribution >= 0.6 is 0 Å². The average Bonchev–Trinajstić information content (AvgIpc) is 3.33. The summed E-state index contributed by atoms with van der Waals surface area (Å²) < 4.78 is 25.5. The largest absolute Gasteiger partial charge is 0.396 e. The fraction of sp³-hybridized carbons (Fsp3) is 0.476. The number of nitriles is 1. The highest BCUT2D eigenvalue weighted by Crippen LogP contribution is 2.54. The number of aromatic nitrogens is 3. The summed E-state index contributed by atoms with van der Waals surface area (Å²) in [5, 5.41) is 16.9. The second kappa shape index (κ2) is 6.52. The molecule has 0 amide bonds. The summed E-state index contributed by atoms with van der Waals surface area (Å²) in [6.45, 7) is 3.41. The zero-order valence-corrected chi connectivity index (χ0v) is 16.7. The van der Waals surface area contributed by atoms with Crippen LogP contribution < -0.4 is 16.5 Å². The Hall–Kier alpha value is -2.96. The maximum atomic E-state index is 15.4. The monoisotopic (exact) mass is 410 g/mol. The summed E-state index contributed by atoms with van der Waals surface area (Å²) in [4.78, 5) is 12.9. The maximum absolute atomic E-state index is 15.4. The third kappa shape index (κ3) is 2.57. The van der Waals surface area contributed by atoms with E-state index in [9.17, 15) is 10.1 Å². The molecule has 1 saturated carbocycles. The van der Waals surface area contributed by atoms with E-state index in [2.05, 4.69) is 10.4 Å². The lowest BCUT2D eigenvalue weighted by molar-refractivity contribution is -0.106. The van der Waals surface area contributed by atoms with Gasteiger partial charge < -0.3 is 20.4 Å².